The number of hydrogen-bond acceptors (Lipinski definition) is 6. The van der Waals surface area contributed by atoms with E-state index in [0.717, 1.165) is 43.4 Å². The first-order valence-electron chi connectivity index (χ1n) is 10.2. The third-order valence-corrected chi connectivity index (χ3v) is 6.96. The van der Waals surface area contributed by atoms with Crippen LogP contribution in [-0.4, -0.2) is 72.5 Å². The van der Waals surface area contributed by atoms with Gasteiger partial charge in [0.2, 0.25) is 0 Å². The van der Waals surface area contributed by atoms with Crippen LogP contribution >= 0.6 is 11.6 Å². The Morgan fingerprint density at radius 1 is 1.23 bits per heavy atom. The molecule has 2 aliphatic heterocycles. The van der Waals surface area contributed by atoms with Gasteiger partial charge in [-0.2, -0.15) is 18.1 Å². The van der Waals surface area contributed by atoms with Crippen molar-refractivity contribution >= 4 is 42.8 Å². The van der Waals surface area contributed by atoms with Crippen molar-refractivity contribution in [1.29, 1.82) is 0 Å². The summed E-state index contributed by atoms with van der Waals surface area (Å²) in [5, 5.41) is 4.84. The van der Waals surface area contributed by atoms with Crippen molar-refractivity contribution in [3.8, 4) is 0 Å². The van der Waals surface area contributed by atoms with Gasteiger partial charge in [0.05, 0.1) is 5.91 Å². The second-order valence-electron chi connectivity index (χ2n) is 7.94. The predicted molar refractivity (Wildman–Crippen MR) is 122 cm³/mol. The van der Waals surface area contributed by atoms with E-state index in [2.05, 4.69) is 34.3 Å². The van der Waals surface area contributed by atoms with Crippen molar-refractivity contribution in [3.05, 3.63) is 40.2 Å². The van der Waals surface area contributed by atoms with Crippen LogP contribution in [0.3, 0.4) is 0 Å². The van der Waals surface area contributed by atoms with Crippen LogP contribution in [0.4, 0.5) is 0 Å². The molecular formula is C21H29ClN3O2S2Tc+. The molecule has 0 spiro atoms. The number of rotatable bonds is 9. The van der Waals surface area contributed by atoms with Crippen LogP contribution in [0.2, 0.25) is 5.02 Å². The average Bonchev–Trinajstić information content (AvgIpc) is 2.99. The maximum atomic E-state index is 12.2. The summed E-state index contributed by atoms with van der Waals surface area (Å²) < 4.78 is 8.22. The summed E-state index contributed by atoms with van der Waals surface area (Å²) in [6, 6.07) is 9.53. The summed E-state index contributed by atoms with van der Waals surface area (Å²) in [7, 11) is 2.26. The Kier molecular flexibility index (Phi) is 11.9. The van der Waals surface area contributed by atoms with Gasteiger partial charge >= 0.3 is 22.4 Å². The third-order valence-electron chi connectivity index (χ3n) is 6.34. The average molecular weight is 553 g/mol. The van der Waals surface area contributed by atoms with Crippen LogP contribution in [0.25, 0.3) is 5.32 Å². The van der Waals surface area contributed by atoms with Crippen LogP contribution in [0.15, 0.2) is 24.3 Å². The maximum absolute atomic E-state index is 12.2. The molecule has 165 valence electrons. The molecule has 0 aromatic heterocycles. The number of carbonyl (C=O) groups is 1. The van der Waals surface area contributed by atoms with E-state index in [4.69, 9.17) is 40.4 Å². The summed E-state index contributed by atoms with van der Waals surface area (Å²) in [5.41, 5.74) is 1.36. The van der Waals surface area contributed by atoms with E-state index in [1.165, 1.54) is 18.4 Å². The van der Waals surface area contributed by atoms with Crippen LogP contribution in [0.5, 0.6) is 0 Å². The van der Waals surface area contributed by atoms with Gasteiger partial charge in [-0.3, -0.25) is 4.90 Å². The molecule has 1 aromatic rings. The van der Waals surface area contributed by atoms with Gasteiger partial charge in [0.25, 0.3) is 0 Å². The second-order valence-corrected chi connectivity index (χ2v) is 9.19. The van der Waals surface area contributed by atoms with E-state index in [9.17, 15) is 4.79 Å². The number of halogens is 1. The van der Waals surface area contributed by atoms with E-state index < -0.39 is 0 Å². The van der Waals surface area contributed by atoms with E-state index in [1.807, 2.05) is 12.1 Å². The first kappa shape index (κ1) is 26.3. The zero-order valence-corrected chi connectivity index (χ0v) is 21.5. The van der Waals surface area contributed by atoms with Gasteiger partial charge < -0.3 is 40.3 Å². The van der Waals surface area contributed by atoms with Crippen molar-refractivity contribution in [2.75, 3.05) is 44.7 Å². The van der Waals surface area contributed by atoms with E-state index >= 15 is 0 Å². The van der Waals surface area contributed by atoms with Crippen molar-refractivity contribution in [3.63, 3.8) is 0 Å². The van der Waals surface area contributed by atoms with Gasteiger partial charge in [-0.05, 0) is 62.4 Å². The number of benzene rings is 1. The minimum absolute atomic E-state index is 0.0789. The van der Waals surface area contributed by atoms with E-state index in [1.54, 1.807) is 0 Å². The Hall–Kier alpha value is 0.0494. The van der Waals surface area contributed by atoms with Gasteiger partial charge in [0.15, 0.2) is 0 Å². The Balaban J connectivity index is 0.00000155. The van der Waals surface area contributed by atoms with Crippen molar-refractivity contribution in [1.82, 2.24) is 9.80 Å². The zero-order valence-electron chi connectivity index (χ0n) is 17.2. The van der Waals surface area contributed by atoms with Crippen LogP contribution < -0.4 is 0 Å². The number of hydrogen-bond donors (Lipinski definition) is 0. The summed E-state index contributed by atoms with van der Waals surface area (Å²) in [6.45, 7) is 2.39. The quantitative estimate of drug-likeness (QED) is 0.439. The van der Waals surface area contributed by atoms with Crippen LogP contribution in [0.1, 0.15) is 30.7 Å². The fraction of sp³-hybridized carbons (Fsp3) is 0.667. The molecule has 0 N–H and O–H groups in total. The predicted octanol–water partition coefficient (Wildman–Crippen LogP) is 3.08. The van der Waals surface area contributed by atoms with E-state index in [0.29, 0.717) is 48.5 Å². The molecule has 9 heteroatoms. The molecule has 2 aliphatic rings. The Morgan fingerprint density at radius 2 is 1.93 bits per heavy atom. The van der Waals surface area contributed by atoms with E-state index in [-0.39, 0.29) is 5.91 Å². The van der Waals surface area contributed by atoms with Crippen LogP contribution in [0, 0.1) is 5.92 Å². The first-order valence-corrected chi connectivity index (χ1v) is 12.5. The van der Waals surface area contributed by atoms with Crippen molar-refractivity contribution in [2.45, 2.75) is 37.3 Å². The molecule has 3 rings (SSSR count). The number of piperidine rings is 1. The van der Waals surface area contributed by atoms with Gasteiger partial charge in [-0.25, -0.2) is 0 Å². The molecule has 0 radical (unpaired) electrons. The SMILES string of the molecule is CN1C2CCC1[C@@H](CN(CC[S-])CC(=O)[N-]CC[S-])[C@@H](c1ccc(Cl)cc1)C2.[O]=[Tc+4]. The molecule has 2 unspecified atom stereocenters. The molecule has 2 saturated heterocycles. The van der Waals surface area contributed by atoms with Crippen molar-refractivity contribution in [2.24, 2.45) is 5.92 Å². The second kappa shape index (κ2) is 13.6. The number of nitrogens with zero attached hydrogens (tertiary/aromatic N) is 3. The monoisotopic (exact) mass is 551 g/mol. The Bertz CT molecular complexity index is 670. The van der Waals surface area contributed by atoms with Crippen molar-refractivity contribution < 1.29 is 27.2 Å². The molecule has 5 nitrogen and oxygen atoms in total. The van der Waals surface area contributed by atoms with Gasteiger partial charge in [0.1, 0.15) is 0 Å². The molecular weight excluding hydrogens is 524 g/mol. The summed E-state index contributed by atoms with van der Waals surface area (Å²) >= 11 is 17.2. The fourth-order valence-electron chi connectivity index (χ4n) is 4.99. The topological polar surface area (TPSA) is 54.7 Å². The fourth-order valence-corrected chi connectivity index (χ4v) is 5.47. The molecule has 4 atom stereocenters. The normalized spacial score (nSPS) is 25.7. The standard InChI is InChI=1S/C21H32ClN3OS2.O.Tc/c1-24-17-6-7-20(24)19(18(12-17)15-2-4-16(22)5-3-15)13-25(9-11-28)14-21(26)23-8-10-27;;/h2-5,17-20H,6-14H2,1H3,(H3,23,26,27,28);;/q;;+4/p-3/t17?,18-,19+,20?;;/m1../s1. The Morgan fingerprint density at radius 3 is 2.57 bits per heavy atom. The zero-order chi connectivity index (χ0) is 22.1. The summed E-state index contributed by atoms with van der Waals surface area (Å²) in [5.74, 6) is 1.99. The van der Waals surface area contributed by atoms with Gasteiger partial charge in [0, 0.05) is 30.2 Å². The first-order chi connectivity index (χ1) is 14.5. The molecule has 2 bridgehead atoms. The summed E-state index contributed by atoms with van der Waals surface area (Å²) in [4.78, 5) is 17.0. The molecule has 30 heavy (non-hydrogen) atoms. The third kappa shape index (κ3) is 7.03. The molecule has 0 saturated carbocycles. The van der Waals surface area contributed by atoms with Crippen LogP contribution in [-0.2, 0) is 52.4 Å². The number of fused-ring (bicyclic) bond motifs is 2. The molecule has 1 aromatic carbocycles. The number of carbonyl (C=O) groups excluding carboxylic acids is 1. The number of amides is 1. The molecule has 1 amide bonds. The molecule has 0 aliphatic carbocycles. The summed E-state index contributed by atoms with van der Waals surface area (Å²) in [6.07, 6.45) is 3.65. The van der Waals surface area contributed by atoms with Gasteiger partial charge in [-0.15, -0.1) is 0 Å². The molecule has 2 fully saturated rings. The minimum atomic E-state index is -0.0789. The molecule has 2 heterocycles. The van der Waals surface area contributed by atoms with Gasteiger partial charge in [-0.1, -0.05) is 23.7 Å². The Labute approximate surface area is 206 Å².